The Kier molecular flexibility index (Phi) is 7.15. The number of rotatable bonds is 7. The maximum Gasteiger partial charge on any atom is 0.237 e. The SMILES string of the molecule is COc1ccccc1-n1c(S[C@H](C)C(=O)Nc2cccc(C#N)c2)nnc1N1CCCCC1. The summed E-state index contributed by atoms with van der Waals surface area (Å²) < 4.78 is 7.59. The Bertz CT molecular complexity index is 1170. The molecule has 1 aliphatic heterocycles. The number of thioether (sulfide) groups is 1. The van der Waals surface area contributed by atoms with Crippen molar-refractivity contribution in [2.24, 2.45) is 0 Å². The standard InChI is InChI=1S/C24H26N6O2S/c1-17(22(31)26-19-10-8-9-18(15-19)16-25)33-24-28-27-23(29-13-6-3-7-14-29)30(24)20-11-4-5-12-21(20)32-2/h4-5,8-12,15,17H,3,6-7,13-14H2,1-2H3,(H,26,31)/t17-/m1/s1. The lowest BCUT2D eigenvalue weighted by atomic mass is 10.1. The molecule has 0 saturated carbocycles. The molecule has 1 amide bonds. The molecule has 170 valence electrons. The molecule has 0 spiro atoms. The minimum atomic E-state index is -0.442. The number of amides is 1. The highest BCUT2D eigenvalue weighted by Crippen LogP contribution is 2.34. The second kappa shape index (κ2) is 10.4. The van der Waals surface area contributed by atoms with Crippen LogP contribution in [-0.4, -0.2) is 46.1 Å². The number of para-hydroxylation sites is 2. The second-order valence-electron chi connectivity index (χ2n) is 7.78. The van der Waals surface area contributed by atoms with E-state index in [1.807, 2.05) is 35.8 Å². The lowest BCUT2D eigenvalue weighted by Crippen LogP contribution is -2.32. The summed E-state index contributed by atoms with van der Waals surface area (Å²) in [5, 5.41) is 21.1. The van der Waals surface area contributed by atoms with Crippen LogP contribution in [0.25, 0.3) is 5.69 Å². The summed E-state index contributed by atoms with van der Waals surface area (Å²) in [5.41, 5.74) is 1.92. The van der Waals surface area contributed by atoms with Gasteiger partial charge in [0.25, 0.3) is 0 Å². The molecule has 1 fully saturated rings. The lowest BCUT2D eigenvalue weighted by molar-refractivity contribution is -0.115. The highest BCUT2D eigenvalue weighted by molar-refractivity contribution is 8.00. The molecule has 1 saturated heterocycles. The van der Waals surface area contributed by atoms with Gasteiger partial charge in [-0.2, -0.15) is 5.26 Å². The average Bonchev–Trinajstić information content (AvgIpc) is 3.27. The van der Waals surface area contributed by atoms with Crippen LogP contribution in [0, 0.1) is 11.3 Å². The molecule has 0 unspecified atom stereocenters. The molecule has 8 nitrogen and oxygen atoms in total. The Balaban J connectivity index is 1.62. The number of nitriles is 1. The topological polar surface area (TPSA) is 96.1 Å². The first kappa shape index (κ1) is 22.7. The number of ether oxygens (including phenoxy) is 1. The summed E-state index contributed by atoms with van der Waals surface area (Å²) in [5.74, 6) is 1.29. The summed E-state index contributed by atoms with van der Waals surface area (Å²) in [4.78, 5) is 15.1. The van der Waals surface area contributed by atoms with E-state index in [0.717, 1.165) is 37.6 Å². The quantitative estimate of drug-likeness (QED) is 0.524. The van der Waals surface area contributed by atoms with Gasteiger partial charge in [0.2, 0.25) is 11.9 Å². The summed E-state index contributed by atoms with van der Waals surface area (Å²) >= 11 is 1.34. The molecule has 2 aromatic carbocycles. The predicted molar refractivity (Wildman–Crippen MR) is 129 cm³/mol. The van der Waals surface area contributed by atoms with E-state index in [1.54, 1.807) is 31.4 Å². The van der Waals surface area contributed by atoms with E-state index in [4.69, 9.17) is 10.00 Å². The third-order valence-electron chi connectivity index (χ3n) is 5.49. The molecule has 4 rings (SSSR count). The number of nitrogens with zero attached hydrogens (tertiary/aromatic N) is 5. The Labute approximate surface area is 197 Å². The molecule has 1 N–H and O–H groups in total. The van der Waals surface area contributed by atoms with Crippen molar-refractivity contribution >= 4 is 29.3 Å². The Hall–Kier alpha value is -3.51. The van der Waals surface area contributed by atoms with Gasteiger partial charge in [0.1, 0.15) is 5.75 Å². The summed E-state index contributed by atoms with van der Waals surface area (Å²) in [6.07, 6.45) is 3.44. The molecular weight excluding hydrogens is 436 g/mol. The van der Waals surface area contributed by atoms with E-state index in [0.29, 0.717) is 22.2 Å². The van der Waals surface area contributed by atoms with Crippen molar-refractivity contribution in [3.63, 3.8) is 0 Å². The summed E-state index contributed by atoms with van der Waals surface area (Å²) in [6.45, 7) is 3.67. The number of benzene rings is 2. The molecule has 9 heteroatoms. The van der Waals surface area contributed by atoms with E-state index >= 15 is 0 Å². The van der Waals surface area contributed by atoms with Crippen LogP contribution < -0.4 is 15.0 Å². The Morgan fingerprint density at radius 2 is 1.94 bits per heavy atom. The van der Waals surface area contributed by atoms with Gasteiger partial charge in [-0.25, -0.2) is 0 Å². The Morgan fingerprint density at radius 3 is 2.70 bits per heavy atom. The van der Waals surface area contributed by atoms with Crippen molar-refractivity contribution in [2.45, 2.75) is 36.6 Å². The van der Waals surface area contributed by atoms with Gasteiger partial charge >= 0.3 is 0 Å². The molecule has 0 radical (unpaired) electrons. The molecule has 0 aliphatic carbocycles. The maximum absolute atomic E-state index is 12.9. The van der Waals surface area contributed by atoms with Crippen LogP contribution in [0.4, 0.5) is 11.6 Å². The van der Waals surface area contributed by atoms with Gasteiger partial charge < -0.3 is 15.0 Å². The smallest absolute Gasteiger partial charge is 0.237 e. The third-order valence-corrected chi connectivity index (χ3v) is 6.53. The van der Waals surface area contributed by atoms with Crippen LogP contribution in [0.5, 0.6) is 5.75 Å². The van der Waals surface area contributed by atoms with Crippen molar-refractivity contribution < 1.29 is 9.53 Å². The molecular formula is C24H26N6O2S. The van der Waals surface area contributed by atoms with E-state index in [1.165, 1.54) is 18.2 Å². The lowest BCUT2D eigenvalue weighted by Gasteiger charge is -2.28. The van der Waals surface area contributed by atoms with Crippen molar-refractivity contribution in [2.75, 3.05) is 30.4 Å². The van der Waals surface area contributed by atoms with Crippen LogP contribution in [0.1, 0.15) is 31.7 Å². The maximum atomic E-state index is 12.9. The summed E-state index contributed by atoms with van der Waals surface area (Å²) in [7, 11) is 1.64. The van der Waals surface area contributed by atoms with Crippen LogP contribution in [0.2, 0.25) is 0 Å². The molecule has 1 atom stereocenters. The number of carbonyl (C=O) groups is 1. The first-order chi connectivity index (χ1) is 16.1. The van der Waals surface area contributed by atoms with Crippen LogP contribution in [0.3, 0.4) is 0 Å². The van der Waals surface area contributed by atoms with E-state index in [2.05, 4.69) is 26.5 Å². The minimum Gasteiger partial charge on any atom is -0.495 e. The number of carbonyl (C=O) groups excluding carboxylic acids is 1. The van der Waals surface area contributed by atoms with E-state index < -0.39 is 5.25 Å². The van der Waals surface area contributed by atoms with Crippen LogP contribution in [0.15, 0.2) is 53.7 Å². The highest BCUT2D eigenvalue weighted by atomic mass is 32.2. The van der Waals surface area contributed by atoms with Crippen molar-refractivity contribution in [3.8, 4) is 17.5 Å². The van der Waals surface area contributed by atoms with E-state index in [-0.39, 0.29) is 5.91 Å². The minimum absolute atomic E-state index is 0.177. The molecule has 3 aromatic rings. The first-order valence-corrected chi connectivity index (χ1v) is 11.8. The fourth-order valence-corrected chi connectivity index (χ4v) is 4.64. The third kappa shape index (κ3) is 5.12. The number of methoxy groups -OCH3 is 1. The van der Waals surface area contributed by atoms with Gasteiger partial charge in [0.15, 0.2) is 5.16 Å². The molecule has 0 bridgehead atoms. The largest absolute Gasteiger partial charge is 0.495 e. The second-order valence-corrected chi connectivity index (χ2v) is 9.09. The van der Waals surface area contributed by atoms with Crippen molar-refractivity contribution in [1.29, 1.82) is 5.26 Å². The van der Waals surface area contributed by atoms with Crippen molar-refractivity contribution in [3.05, 3.63) is 54.1 Å². The van der Waals surface area contributed by atoms with Gasteiger partial charge in [0.05, 0.1) is 29.7 Å². The monoisotopic (exact) mass is 462 g/mol. The zero-order valence-corrected chi connectivity index (χ0v) is 19.5. The molecule has 1 aliphatic rings. The number of anilines is 2. The fourth-order valence-electron chi connectivity index (χ4n) is 3.78. The highest BCUT2D eigenvalue weighted by Gasteiger charge is 2.26. The van der Waals surface area contributed by atoms with E-state index in [9.17, 15) is 4.79 Å². The van der Waals surface area contributed by atoms with Gasteiger partial charge in [-0.05, 0) is 56.5 Å². The number of aromatic nitrogens is 3. The fraction of sp³-hybridized carbons (Fsp3) is 0.333. The number of hydrogen-bond acceptors (Lipinski definition) is 7. The van der Waals surface area contributed by atoms with Gasteiger partial charge in [-0.3, -0.25) is 9.36 Å². The normalized spacial score (nSPS) is 14.4. The number of hydrogen-bond donors (Lipinski definition) is 1. The van der Waals surface area contributed by atoms with Gasteiger partial charge in [-0.1, -0.05) is 30.0 Å². The Morgan fingerprint density at radius 1 is 1.15 bits per heavy atom. The number of piperidine rings is 1. The zero-order chi connectivity index (χ0) is 23.2. The first-order valence-electron chi connectivity index (χ1n) is 10.9. The van der Waals surface area contributed by atoms with Crippen molar-refractivity contribution in [1.82, 2.24) is 14.8 Å². The predicted octanol–water partition coefficient (Wildman–Crippen LogP) is 4.26. The van der Waals surface area contributed by atoms with Crippen LogP contribution in [-0.2, 0) is 4.79 Å². The molecule has 2 heterocycles. The average molecular weight is 463 g/mol. The van der Waals surface area contributed by atoms with Crippen LogP contribution >= 0.6 is 11.8 Å². The van der Waals surface area contributed by atoms with Gasteiger partial charge in [0, 0.05) is 18.8 Å². The number of nitrogens with one attached hydrogen (secondary N) is 1. The summed E-state index contributed by atoms with van der Waals surface area (Å²) in [6, 6.07) is 16.7. The van der Waals surface area contributed by atoms with Gasteiger partial charge in [-0.15, -0.1) is 10.2 Å². The molecule has 33 heavy (non-hydrogen) atoms. The molecule has 1 aromatic heterocycles. The zero-order valence-electron chi connectivity index (χ0n) is 18.7.